The summed E-state index contributed by atoms with van der Waals surface area (Å²) >= 11 is 1.83. The number of benzene rings is 3. The number of nitrogens with zero attached hydrogens (tertiary/aromatic N) is 1. The van der Waals surface area contributed by atoms with Gasteiger partial charge in [-0.25, -0.2) is 4.79 Å². The van der Waals surface area contributed by atoms with Gasteiger partial charge in [-0.1, -0.05) is 63.2 Å². The SMILES string of the molecule is COc1ccc(C(C)(C)C)cc1NC(=O)Nc1ccc(-c2ccc(CNCCSC)nc2)c2ccccc12. The van der Waals surface area contributed by atoms with Crippen LogP contribution in [0.5, 0.6) is 5.75 Å². The normalized spacial score (nSPS) is 11.4. The number of urea groups is 1. The lowest BCUT2D eigenvalue weighted by atomic mass is 9.87. The number of carbonyl (C=O) groups is 1. The number of pyridine rings is 1. The highest BCUT2D eigenvalue weighted by Gasteiger charge is 2.17. The van der Waals surface area contributed by atoms with Crippen LogP contribution in [0.2, 0.25) is 0 Å². The molecule has 0 fully saturated rings. The van der Waals surface area contributed by atoms with Crippen LogP contribution in [0, 0.1) is 0 Å². The third-order valence-electron chi connectivity index (χ3n) is 6.41. The maximum atomic E-state index is 13.1. The molecule has 0 radical (unpaired) electrons. The molecule has 7 heteroatoms. The number of carbonyl (C=O) groups excluding carboxylic acids is 1. The lowest BCUT2D eigenvalue weighted by Gasteiger charge is -2.21. The number of amides is 2. The summed E-state index contributed by atoms with van der Waals surface area (Å²) in [5, 5.41) is 11.4. The van der Waals surface area contributed by atoms with Crippen molar-refractivity contribution in [2.45, 2.75) is 32.7 Å². The third kappa shape index (κ3) is 6.65. The number of anilines is 2. The van der Waals surface area contributed by atoms with Crippen LogP contribution in [0.15, 0.2) is 72.9 Å². The molecule has 2 amide bonds. The Morgan fingerprint density at radius 1 is 0.947 bits per heavy atom. The molecule has 1 aromatic heterocycles. The molecule has 3 N–H and O–H groups in total. The van der Waals surface area contributed by atoms with Crippen molar-refractivity contribution < 1.29 is 9.53 Å². The van der Waals surface area contributed by atoms with Gasteiger partial charge in [-0.05, 0) is 52.4 Å². The van der Waals surface area contributed by atoms with Crippen molar-refractivity contribution >= 4 is 39.9 Å². The van der Waals surface area contributed by atoms with E-state index in [9.17, 15) is 4.79 Å². The van der Waals surface area contributed by atoms with Gasteiger partial charge < -0.3 is 20.7 Å². The molecule has 0 spiro atoms. The number of ether oxygens (including phenoxy) is 1. The maximum Gasteiger partial charge on any atom is 0.323 e. The summed E-state index contributed by atoms with van der Waals surface area (Å²) in [5.74, 6) is 1.70. The number of fused-ring (bicyclic) bond motifs is 1. The van der Waals surface area contributed by atoms with Gasteiger partial charge in [-0.2, -0.15) is 11.8 Å². The van der Waals surface area contributed by atoms with Crippen molar-refractivity contribution in [1.82, 2.24) is 10.3 Å². The van der Waals surface area contributed by atoms with E-state index in [0.29, 0.717) is 11.4 Å². The van der Waals surface area contributed by atoms with E-state index in [1.807, 2.05) is 66.5 Å². The average molecular weight is 529 g/mol. The first kappa shape index (κ1) is 27.5. The van der Waals surface area contributed by atoms with Crippen molar-refractivity contribution in [2.24, 2.45) is 0 Å². The zero-order valence-corrected chi connectivity index (χ0v) is 23.5. The van der Waals surface area contributed by atoms with Gasteiger partial charge in [-0.15, -0.1) is 0 Å². The first-order valence-electron chi connectivity index (χ1n) is 12.7. The number of aromatic nitrogens is 1. The Bertz CT molecular complexity index is 1400. The van der Waals surface area contributed by atoms with Gasteiger partial charge in [0.25, 0.3) is 0 Å². The number of methoxy groups -OCH3 is 1. The van der Waals surface area contributed by atoms with E-state index >= 15 is 0 Å². The van der Waals surface area contributed by atoms with Crippen LogP contribution in [0.1, 0.15) is 32.0 Å². The Morgan fingerprint density at radius 2 is 1.71 bits per heavy atom. The highest BCUT2D eigenvalue weighted by atomic mass is 32.2. The van der Waals surface area contributed by atoms with Gasteiger partial charge in [-0.3, -0.25) is 4.98 Å². The molecule has 0 saturated heterocycles. The molecule has 4 rings (SSSR count). The van der Waals surface area contributed by atoms with Gasteiger partial charge in [0, 0.05) is 36.0 Å². The van der Waals surface area contributed by atoms with Gasteiger partial charge in [0.15, 0.2) is 0 Å². The van der Waals surface area contributed by atoms with Crippen molar-refractivity contribution in [1.29, 1.82) is 0 Å². The quantitative estimate of drug-likeness (QED) is 0.199. The van der Waals surface area contributed by atoms with E-state index in [0.717, 1.165) is 57.7 Å². The second-order valence-electron chi connectivity index (χ2n) is 10.2. The molecule has 0 unspecified atom stereocenters. The molecule has 0 aliphatic heterocycles. The van der Waals surface area contributed by atoms with E-state index in [4.69, 9.17) is 4.74 Å². The molecule has 3 aromatic carbocycles. The number of nitrogens with one attached hydrogen (secondary N) is 3. The number of hydrogen-bond donors (Lipinski definition) is 3. The monoisotopic (exact) mass is 528 g/mol. The Hall–Kier alpha value is -3.55. The van der Waals surface area contributed by atoms with Crippen LogP contribution in [0.4, 0.5) is 16.2 Å². The molecule has 6 nitrogen and oxygen atoms in total. The average Bonchev–Trinajstić information content (AvgIpc) is 2.91. The fourth-order valence-corrected chi connectivity index (χ4v) is 4.64. The van der Waals surface area contributed by atoms with Crippen molar-refractivity contribution in [2.75, 3.05) is 36.3 Å². The molecule has 0 atom stereocenters. The van der Waals surface area contributed by atoms with Gasteiger partial charge in [0.05, 0.1) is 24.2 Å². The molecule has 1 heterocycles. The second-order valence-corrected chi connectivity index (χ2v) is 11.1. The largest absolute Gasteiger partial charge is 0.495 e. The number of hydrogen-bond acceptors (Lipinski definition) is 5. The predicted octanol–water partition coefficient (Wildman–Crippen LogP) is 7.30. The molecular weight excluding hydrogens is 492 g/mol. The van der Waals surface area contributed by atoms with E-state index in [1.165, 1.54) is 0 Å². The van der Waals surface area contributed by atoms with Crippen molar-refractivity contribution in [3.05, 3.63) is 84.2 Å². The summed E-state index contributed by atoms with van der Waals surface area (Å²) in [5.41, 5.74) is 5.54. The zero-order valence-electron chi connectivity index (χ0n) is 22.7. The molecule has 198 valence electrons. The molecule has 0 saturated carbocycles. The Kier molecular flexibility index (Phi) is 8.92. The smallest absolute Gasteiger partial charge is 0.323 e. The minimum absolute atomic E-state index is 0.0526. The fourth-order valence-electron chi connectivity index (χ4n) is 4.29. The van der Waals surface area contributed by atoms with Crippen molar-refractivity contribution in [3.8, 4) is 16.9 Å². The fraction of sp³-hybridized carbons (Fsp3) is 0.290. The zero-order chi connectivity index (χ0) is 27.1. The van der Waals surface area contributed by atoms with Crippen LogP contribution in [-0.4, -0.2) is 36.7 Å². The number of thioether (sulfide) groups is 1. The first-order valence-corrected chi connectivity index (χ1v) is 14.1. The molecule has 0 aliphatic rings. The summed E-state index contributed by atoms with van der Waals surface area (Å²) in [4.78, 5) is 17.7. The summed E-state index contributed by atoms with van der Waals surface area (Å²) in [6.45, 7) is 8.13. The lowest BCUT2D eigenvalue weighted by Crippen LogP contribution is -2.21. The van der Waals surface area contributed by atoms with Crippen LogP contribution >= 0.6 is 11.8 Å². The Morgan fingerprint density at radius 3 is 2.39 bits per heavy atom. The summed E-state index contributed by atoms with van der Waals surface area (Å²) in [7, 11) is 1.60. The molecule has 0 bridgehead atoms. The predicted molar refractivity (Wildman–Crippen MR) is 162 cm³/mol. The van der Waals surface area contributed by atoms with E-state index < -0.39 is 0 Å². The summed E-state index contributed by atoms with van der Waals surface area (Å²) < 4.78 is 5.49. The third-order valence-corrected chi connectivity index (χ3v) is 7.02. The first-order chi connectivity index (χ1) is 18.3. The summed E-state index contributed by atoms with van der Waals surface area (Å²) in [6.07, 6.45) is 4.02. The molecule has 4 aromatic rings. The number of rotatable bonds is 9. The van der Waals surface area contributed by atoms with Crippen LogP contribution < -0.4 is 20.7 Å². The van der Waals surface area contributed by atoms with E-state index in [-0.39, 0.29) is 11.4 Å². The second kappa shape index (κ2) is 12.3. The van der Waals surface area contributed by atoms with Crippen LogP contribution in [-0.2, 0) is 12.0 Å². The van der Waals surface area contributed by atoms with E-state index in [2.05, 4.69) is 66.2 Å². The highest BCUT2D eigenvalue weighted by Crippen LogP contribution is 2.34. The van der Waals surface area contributed by atoms with Gasteiger partial charge in [0.2, 0.25) is 0 Å². The Balaban J connectivity index is 1.55. The maximum absolute atomic E-state index is 13.1. The lowest BCUT2D eigenvalue weighted by molar-refractivity contribution is 0.262. The summed E-state index contributed by atoms with van der Waals surface area (Å²) in [6, 6.07) is 21.8. The Labute approximate surface area is 229 Å². The topological polar surface area (TPSA) is 75.3 Å². The highest BCUT2D eigenvalue weighted by molar-refractivity contribution is 7.98. The van der Waals surface area contributed by atoms with E-state index in [1.54, 1.807) is 7.11 Å². The molecule has 38 heavy (non-hydrogen) atoms. The van der Waals surface area contributed by atoms with Gasteiger partial charge >= 0.3 is 6.03 Å². The standard InChI is InChI=1S/C31H36N4O2S/c1-31(2,3)22-11-15-29(37-4)28(18-22)35-30(36)34-27-14-13-24(25-8-6-7-9-26(25)27)21-10-12-23(33-19-21)20-32-16-17-38-5/h6-15,18-19,32H,16-17,20H2,1-5H3,(H2,34,35,36). The molecule has 0 aliphatic carbocycles. The van der Waals surface area contributed by atoms with Gasteiger partial charge in [0.1, 0.15) is 5.75 Å². The molecular formula is C31H36N4O2S. The minimum Gasteiger partial charge on any atom is -0.495 e. The van der Waals surface area contributed by atoms with Crippen molar-refractivity contribution in [3.63, 3.8) is 0 Å². The van der Waals surface area contributed by atoms with Crippen LogP contribution in [0.3, 0.4) is 0 Å². The van der Waals surface area contributed by atoms with Crippen LogP contribution in [0.25, 0.3) is 21.9 Å². The minimum atomic E-state index is -0.327.